The quantitative estimate of drug-likeness (QED) is 0.777. The van der Waals surface area contributed by atoms with Gasteiger partial charge in [0.25, 0.3) is 0 Å². The Hall–Kier alpha value is -3.08. The summed E-state index contributed by atoms with van der Waals surface area (Å²) in [5, 5.41) is 14.2. The van der Waals surface area contributed by atoms with Crippen molar-refractivity contribution < 1.29 is 19.1 Å². The Kier molecular flexibility index (Phi) is 6.97. The standard InChI is InChI=1S/C18H22N4O4/c1-2-26-18(25)22-9-7-15(8-10-22)21-17(24)11-16(23)20-14-5-3-13(12-19)4-6-14/h3-6,15H,2,7-11H2,1H3,(H,20,23)(H,21,24). The predicted octanol–water partition coefficient (Wildman–Crippen LogP) is 1.62. The van der Waals surface area contributed by atoms with Crippen LogP contribution in [0, 0.1) is 11.3 Å². The minimum Gasteiger partial charge on any atom is -0.450 e. The number of ether oxygens (including phenoxy) is 1. The lowest BCUT2D eigenvalue weighted by molar-refractivity contribution is -0.127. The maximum absolute atomic E-state index is 12.0. The molecule has 1 aliphatic rings. The number of anilines is 1. The molecule has 3 amide bonds. The second-order valence-electron chi connectivity index (χ2n) is 5.94. The largest absolute Gasteiger partial charge is 0.450 e. The lowest BCUT2D eigenvalue weighted by atomic mass is 10.1. The van der Waals surface area contributed by atoms with Gasteiger partial charge < -0.3 is 20.3 Å². The molecule has 0 aliphatic carbocycles. The third-order valence-corrected chi connectivity index (χ3v) is 4.00. The molecule has 2 rings (SSSR count). The van der Waals surface area contributed by atoms with E-state index in [9.17, 15) is 14.4 Å². The molecule has 26 heavy (non-hydrogen) atoms. The van der Waals surface area contributed by atoms with Crippen molar-refractivity contribution in [3.05, 3.63) is 29.8 Å². The van der Waals surface area contributed by atoms with Crippen molar-refractivity contribution >= 4 is 23.6 Å². The van der Waals surface area contributed by atoms with Crippen molar-refractivity contribution in [2.75, 3.05) is 25.0 Å². The van der Waals surface area contributed by atoms with Gasteiger partial charge in [-0.1, -0.05) is 0 Å². The number of nitrogens with one attached hydrogen (secondary N) is 2. The van der Waals surface area contributed by atoms with E-state index in [2.05, 4.69) is 10.6 Å². The van der Waals surface area contributed by atoms with Gasteiger partial charge in [0.15, 0.2) is 0 Å². The van der Waals surface area contributed by atoms with E-state index < -0.39 is 5.91 Å². The molecule has 1 fully saturated rings. The molecule has 1 heterocycles. The van der Waals surface area contributed by atoms with Crippen molar-refractivity contribution in [3.8, 4) is 6.07 Å². The normalized spacial score (nSPS) is 14.2. The molecule has 1 saturated heterocycles. The molecule has 0 radical (unpaired) electrons. The van der Waals surface area contributed by atoms with Crippen molar-refractivity contribution in [3.63, 3.8) is 0 Å². The highest BCUT2D eigenvalue weighted by Gasteiger charge is 2.25. The summed E-state index contributed by atoms with van der Waals surface area (Å²) in [7, 11) is 0. The summed E-state index contributed by atoms with van der Waals surface area (Å²) in [5.74, 6) is -0.776. The van der Waals surface area contributed by atoms with Gasteiger partial charge in [-0.05, 0) is 44.0 Å². The number of likely N-dealkylation sites (tertiary alicyclic amines) is 1. The second-order valence-corrected chi connectivity index (χ2v) is 5.94. The zero-order chi connectivity index (χ0) is 18.9. The van der Waals surface area contributed by atoms with Crippen molar-refractivity contribution in [2.45, 2.75) is 32.2 Å². The maximum Gasteiger partial charge on any atom is 0.409 e. The fourth-order valence-electron chi connectivity index (χ4n) is 2.68. The molecule has 1 aliphatic heterocycles. The van der Waals surface area contributed by atoms with E-state index in [0.29, 0.717) is 43.8 Å². The molecule has 0 bridgehead atoms. The van der Waals surface area contributed by atoms with Gasteiger partial charge in [0.05, 0.1) is 18.2 Å². The van der Waals surface area contributed by atoms with Gasteiger partial charge in [-0.2, -0.15) is 5.26 Å². The fraction of sp³-hybridized carbons (Fsp3) is 0.444. The first-order valence-electron chi connectivity index (χ1n) is 8.53. The average molecular weight is 358 g/mol. The Labute approximate surface area is 152 Å². The van der Waals surface area contributed by atoms with E-state index in [1.165, 1.54) is 0 Å². The molecular formula is C18H22N4O4. The lowest BCUT2D eigenvalue weighted by Crippen LogP contribution is -2.47. The number of hydrogen-bond donors (Lipinski definition) is 2. The molecular weight excluding hydrogens is 336 g/mol. The zero-order valence-corrected chi connectivity index (χ0v) is 14.7. The van der Waals surface area contributed by atoms with Crippen LogP contribution in [0.4, 0.5) is 10.5 Å². The van der Waals surface area contributed by atoms with Crippen LogP contribution in [0.3, 0.4) is 0 Å². The van der Waals surface area contributed by atoms with E-state index in [0.717, 1.165) is 0 Å². The van der Waals surface area contributed by atoms with Crippen molar-refractivity contribution in [1.82, 2.24) is 10.2 Å². The monoisotopic (exact) mass is 358 g/mol. The molecule has 138 valence electrons. The topological polar surface area (TPSA) is 112 Å². The number of amides is 3. The number of carbonyl (C=O) groups is 3. The third-order valence-electron chi connectivity index (χ3n) is 4.00. The first kappa shape index (κ1) is 19.2. The number of benzene rings is 1. The lowest BCUT2D eigenvalue weighted by Gasteiger charge is -2.31. The summed E-state index contributed by atoms with van der Waals surface area (Å²) in [5.41, 5.74) is 1.03. The number of carbonyl (C=O) groups excluding carboxylic acids is 3. The van der Waals surface area contributed by atoms with Gasteiger partial charge in [0, 0.05) is 24.8 Å². The van der Waals surface area contributed by atoms with Gasteiger partial charge >= 0.3 is 6.09 Å². The molecule has 0 unspecified atom stereocenters. The number of nitrogens with zero attached hydrogens (tertiary/aromatic N) is 2. The summed E-state index contributed by atoms with van der Waals surface area (Å²) in [4.78, 5) is 37.2. The highest BCUT2D eigenvalue weighted by Crippen LogP contribution is 2.12. The van der Waals surface area contributed by atoms with Gasteiger partial charge in [0.2, 0.25) is 11.8 Å². The summed E-state index contributed by atoms with van der Waals surface area (Å²) >= 11 is 0. The molecule has 8 heteroatoms. The maximum atomic E-state index is 12.0. The van der Waals surface area contributed by atoms with Gasteiger partial charge in [-0.3, -0.25) is 9.59 Å². The predicted molar refractivity (Wildman–Crippen MR) is 94.2 cm³/mol. The van der Waals surface area contributed by atoms with Crippen molar-refractivity contribution in [2.24, 2.45) is 0 Å². The van der Waals surface area contributed by atoms with Crippen LogP contribution in [0.2, 0.25) is 0 Å². The smallest absolute Gasteiger partial charge is 0.409 e. The zero-order valence-electron chi connectivity index (χ0n) is 14.7. The summed E-state index contributed by atoms with van der Waals surface area (Å²) < 4.78 is 4.95. The van der Waals surface area contributed by atoms with Crippen LogP contribution in [-0.4, -0.2) is 48.5 Å². The minimum absolute atomic E-state index is 0.0594. The summed E-state index contributed by atoms with van der Waals surface area (Å²) in [6, 6.07) is 8.34. The molecule has 0 atom stereocenters. The number of piperidine rings is 1. The van der Waals surface area contributed by atoms with Crippen LogP contribution in [0.25, 0.3) is 0 Å². The van der Waals surface area contributed by atoms with E-state index in [1.54, 1.807) is 36.1 Å². The molecule has 0 saturated carbocycles. The first-order valence-corrected chi connectivity index (χ1v) is 8.53. The fourth-order valence-corrected chi connectivity index (χ4v) is 2.68. The molecule has 8 nitrogen and oxygen atoms in total. The van der Waals surface area contributed by atoms with Gasteiger partial charge in [-0.25, -0.2) is 4.79 Å². The minimum atomic E-state index is -0.420. The Balaban J connectivity index is 1.72. The second kappa shape index (κ2) is 9.42. The SMILES string of the molecule is CCOC(=O)N1CCC(NC(=O)CC(=O)Nc2ccc(C#N)cc2)CC1. The van der Waals surface area contributed by atoms with E-state index in [4.69, 9.17) is 10.00 Å². The average Bonchev–Trinajstić information content (AvgIpc) is 2.63. The van der Waals surface area contributed by atoms with Crippen LogP contribution < -0.4 is 10.6 Å². The van der Waals surface area contributed by atoms with E-state index >= 15 is 0 Å². The molecule has 1 aromatic rings. The van der Waals surface area contributed by atoms with Crippen LogP contribution >= 0.6 is 0 Å². The number of hydrogen-bond acceptors (Lipinski definition) is 5. The van der Waals surface area contributed by atoms with E-state index in [-0.39, 0.29) is 24.5 Å². The molecule has 1 aromatic carbocycles. The molecule has 0 aromatic heterocycles. The molecule has 2 N–H and O–H groups in total. The van der Waals surface area contributed by atoms with Crippen LogP contribution in [0.5, 0.6) is 0 Å². The summed E-state index contributed by atoms with van der Waals surface area (Å²) in [6.45, 7) is 3.13. The van der Waals surface area contributed by atoms with Crippen LogP contribution in [0.1, 0.15) is 31.7 Å². The van der Waals surface area contributed by atoms with Crippen LogP contribution in [-0.2, 0) is 14.3 Å². The highest BCUT2D eigenvalue weighted by atomic mass is 16.6. The number of rotatable bonds is 5. The Morgan fingerprint density at radius 1 is 1.19 bits per heavy atom. The van der Waals surface area contributed by atoms with Gasteiger partial charge in [-0.15, -0.1) is 0 Å². The van der Waals surface area contributed by atoms with E-state index in [1.807, 2.05) is 6.07 Å². The Morgan fingerprint density at radius 3 is 2.42 bits per heavy atom. The van der Waals surface area contributed by atoms with Gasteiger partial charge in [0.1, 0.15) is 6.42 Å². The Bertz CT molecular complexity index is 688. The Morgan fingerprint density at radius 2 is 1.85 bits per heavy atom. The summed E-state index contributed by atoms with van der Waals surface area (Å²) in [6.07, 6.45) is 0.640. The first-order chi connectivity index (χ1) is 12.5. The highest BCUT2D eigenvalue weighted by molar-refractivity contribution is 6.03. The van der Waals surface area contributed by atoms with Crippen LogP contribution in [0.15, 0.2) is 24.3 Å². The molecule has 0 spiro atoms. The third kappa shape index (κ3) is 5.77. The number of nitriles is 1. The van der Waals surface area contributed by atoms with Crippen molar-refractivity contribution in [1.29, 1.82) is 5.26 Å².